The first kappa shape index (κ1) is 21.9. The fraction of sp³-hybridized carbons (Fsp3) is 0.522. The van der Waals surface area contributed by atoms with Gasteiger partial charge in [-0.25, -0.2) is 9.78 Å². The van der Waals surface area contributed by atoms with Crippen LogP contribution < -0.4 is 5.32 Å². The molecule has 1 aliphatic heterocycles. The molecule has 7 heteroatoms. The van der Waals surface area contributed by atoms with Crippen molar-refractivity contribution in [2.75, 3.05) is 6.54 Å². The van der Waals surface area contributed by atoms with E-state index in [1.165, 1.54) is 11.1 Å². The SMILES string of the molecule is Cc1ccc2c(c1)CCc1c(CC(CCCNC(=O)OC(C)(C)C)C(=O)O)ncn1-2. The van der Waals surface area contributed by atoms with E-state index in [-0.39, 0.29) is 0 Å². The van der Waals surface area contributed by atoms with Gasteiger partial charge in [-0.2, -0.15) is 0 Å². The van der Waals surface area contributed by atoms with Gasteiger partial charge in [-0.05, 0) is 65.0 Å². The molecule has 1 amide bonds. The van der Waals surface area contributed by atoms with E-state index in [4.69, 9.17) is 4.74 Å². The van der Waals surface area contributed by atoms with Gasteiger partial charge in [0.25, 0.3) is 0 Å². The fourth-order valence-corrected chi connectivity index (χ4v) is 3.86. The molecule has 162 valence electrons. The Morgan fingerprint density at radius 3 is 2.77 bits per heavy atom. The zero-order valence-electron chi connectivity index (χ0n) is 18.2. The molecule has 1 aromatic carbocycles. The van der Waals surface area contributed by atoms with Gasteiger partial charge in [0.15, 0.2) is 0 Å². The normalized spacial score (nSPS) is 13.9. The summed E-state index contributed by atoms with van der Waals surface area (Å²) in [7, 11) is 0. The Bertz CT molecular complexity index is 927. The van der Waals surface area contributed by atoms with E-state index < -0.39 is 23.6 Å². The molecule has 0 saturated heterocycles. The molecule has 3 rings (SSSR count). The van der Waals surface area contributed by atoms with Crippen molar-refractivity contribution >= 4 is 12.1 Å². The van der Waals surface area contributed by atoms with Gasteiger partial charge in [-0.15, -0.1) is 0 Å². The van der Waals surface area contributed by atoms with Crippen molar-refractivity contribution in [2.45, 2.75) is 65.4 Å². The van der Waals surface area contributed by atoms with Crippen molar-refractivity contribution in [2.24, 2.45) is 5.92 Å². The number of aryl methyl sites for hydroxylation is 2. The highest BCUT2D eigenvalue weighted by Crippen LogP contribution is 2.28. The molecule has 0 saturated carbocycles. The Morgan fingerprint density at radius 1 is 1.30 bits per heavy atom. The fourth-order valence-electron chi connectivity index (χ4n) is 3.86. The van der Waals surface area contributed by atoms with Crippen LogP contribution in [0.4, 0.5) is 4.79 Å². The summed E-state index contributed by atoms with van der Waals surface area (Å²) in [5.74, 6) is -1.37. The second kappa shape index (κ2) is 8.90. The highest BCUT2D eigenvalue weighted by Gasteiger charge is 2.25. The number of benzene rings is 1. The van der Waals surface area contributed by atoms with Crippen molar-refractivity contribution in [1.29, 1.82) is 0 Å². The van der Waals surface area contributed by atoms with E-state index in [1.54, 1.807) is 27.1 Å². The lowest BCUT2D eigenvalue weighted by Crippen LogP contribution is -2.33. The van der Waals surface area contributed by atoms with Gasteiger partial charge < -0.3 is 19.7 Å². The van der Waals surface area contributed by atoms with Crippen LogP contribution in [0.1, 0.15) is 56.1 Å². The monoisotopic (exact) mass is 413 g/mol. The Morgan fingerprint density at radius 2 is 2.07 bits per heavy atom. The summed E-state index contributed by atoms with van der Waals surface area (Å²) < 4.78 is 7.29. The van der Waals surface area contributed by atoms with Gasteiger partial charge in [0.05, 0.1) is 17.9 Å². The molecule has 7 nitrogen and oxygen atoms in total. The number of rotatable bonds is 7. The number of fused-ring (bicyclic) bond motifs is 3. The lowest BCUT2D eigenvalue weighted by atomic mass is 9.94. The summed E-state index contributed by atoms with van der Waals surface area (Å²) in [5.41, 5.74) is 5.08. The molecule has 1 unspecified atom stereocenters. The lowest BCUT2D eigenvalue weighted by Gasteiger charge is -2.21. The highest BCUT2D eigenvalue weighted by atomic mass is 16.6. The summed E-state index contributed by atoms with van der Waals surface area (Å²) in [6.45, 7) is 7.88. The zero-order chi connectivity index (χ0) is 21.9. The Balaban J connectivity index is 1.60. The van der Waals surface area contributed by atoms with Crippen LogP contribution in [0.25, 0.3) is 5.69 Å². The Kier molecular flexibility index (Phi) is 6.48. The minimum Gasteiger partial charge on any atom is -0.481 e. The van der Waals surface area contributed by atoms with Gasteiger partial charge in [0, 0.05) is 24.3 Å². The van der Waals surface area contributed by atoms with Crippen LogP contribution in [-0.4, -0.2) is 38.9 Å². The number of ether oxygens (including phenoxy) is 1. The predicted octanol–water partition coefficient (Wildman–Crippen LogP) is 3.83. The predicted molar refractivity (Wildman–Crippen MR) is 114 cm³/mol. The number of hydrogen-bond donors (Lipinski definition) is 2. The molecule has 0 aliphatic carbocycles. The molecule has 2 N–H and O–H groups in total. The van der Waals surface area contributed by atoms with Gasteiger partial charge in [0.1, 0.15) is 5.60 Å². The molecule has 2 aromatic rings. The zero-order valence-corrected chi connectivity index (χ0v) is 18.2. The van der Waals surface area contributed by atoms with Crippen molar-refractivity contribution in [1.82, 2.24) is 14.9 Å². The quantitative estimate of drug-likeness (QED) is 0.673. The number of nitrogens with one attached hydrogen (secondary N) is 1. The number of imidazole rings is 1. The van der Waals surface area contributed by atoms with Crippen molar-refractivity contribution in [3.05, 3.63) is 47.0 Å². The van der Waals surface area contributed by atoms with Crippen LogP contribution in [0.5, 0.6) is 0 Å². The second-order valence-corrected chi connectivity index (χ2v) is 8.95. The van der Waals surface area contributed by atoms with Gasteiger partial charge in [-0.3, -0.25) is 4.79 Å². The summed E-state index contributed by atoms with van der Waals surface area (Å²) in [6, 6.07) is 6.40. The number of carbonyl (C=O) groups excluding carboxylic acids is 1. The first-order valence-electron chi connectivity index (χ1n) is 10.5. The molecule has 0 spiro atoms. The molecule has 1 aliphatic rings. The maximum atomic E-state index is 11.8. The van der Waals surface area contributed by atoms with E-state index in [9.17, 15) is 14.7 Å². The van der Waals surface area contributed by atoms with Crippen molar-refractivity contribution in [3.63, 3.8) is 0 Å². The maximum absolute atomic E-state index is 11.8. The minimum absolute atomic E-state index is 0.382. The molecule has 1 aromatic heterocycles. The third kappa shape index (κ3) is 5.40. The van der Waals surface area contributed by atoms with Gasteiger partial charge in [0.2, 0.25) is 0 Å². The standard InChI is InChI=1S/C23H31N3O4/c1-15-7-9-19-16(12-15)8-10-20-18(25-14-26(19)20)13-17(21(27)28)6-5-11-24-22(29)30-23(2,3)4/h7,9,12,14,17H,5-6,8,10-11,13H2,1-4H3,(H,24,29)(H,27,28). The van der Waals surface area contributed by atoms with Crippen LogP contribution in [0.3, 0.4) is 0 Å². The number of alkyl carbamates (subject to hydrolysis) is 1. The average Bonchev–Trinajstić information content (AvgIpc) is 3.05. The minimum atomic E-state index is -0.833. The van der Waals surface area contributed by atoms with Crippen LogP contribution in [0.15, 0.2) is 24.5 Å². The summed E-state index contributed by atoms with van der Waals surface area (Å²) >= 11 is 0. The van der Waals surface area contributed by atoms with Crippen LogP contribution in [-0.2, 0) is 28.8 Å². The van der Waals surface area contributed by atoms with Crippen LogP contribution in [0.2, 0.25) is 0 Å². The Hall–Kier alpha value is -2.83. The number of carboxylic acid groups (broad SMARTS) is 1. The smallest absolute Gasteiger partial charge is 0.407 e. The number of nitrogens with zero attached hydrogens (tertiary/aromatic N) is 2. The number of carboxylic acids is 1. The van der Waals surface area contributed by atoms with Crippen molar-refractivity contribution < 1.29 is 19.4 Å². The van der Waals surface area contributed by atoms with E-state index in [0.717, 1.165) is 29.9 Å². The van der Waals surface area contributed by atoms with Crippen LogP contribution >= 0.6 is 0 Å². The number of amides is 1. The van der Waals surface area contributed by atoms with E-state index in [2.05, 4.69) is 40.0 Å². The summed E-state index contributed by atoms with van der Waals surface area (Å²) in [5, 5.41) is 12.4. The maximum Gasteiger partial charge on any atom is 0.407 e. The molecular formula is C23H31N3O4. The molecule has 0 bridgehead atoms. The first-order chi connectivity index (χ1) is 14.1. The molecular weight excluding hydrogens is 382 g/mol. The highest BCUT2D eigenvalue weighted by molar-refractivity contribution is 5.70. The lowest BCUT2D eigenvalue weighted by molar-refractivity contribution is -0.142. The number of hydrogen-bond acceptors (Lipinski definition) is 4. The number of aliphatic carboxylic acids is 1. The number of carbonyl (C=O) groups is 2. The third-order valence-corrected chi connectivity index (χ3v) is 5.27. The Labute approximate surface area is 177 Å². The summed E-state index contributed by atoms with van der Waals surface area (Å²) in [4.78, 5) is 28.1. The molecule has 0 fully saturated rings. The van der Waals surface area contributed by atoms with Crippen molar-refractivity contribution in [3.8, 4) is 5.69 Å². The van der Waals surface area contributed by atoms with E-state index in [0.29, 0.717) is 25.8 Å². The molecule has 0 radical (unpaired) electrons. The largest absolute Gasteiger partial charge is 0.481 e. The molecule has 1 atom stereocenters. The van der Waals surface area contributed by atoms with E-state index in [1.807, 2.05) is 0 Å². The molecule has 30 heavy (non-hydrogen) atoms. The molecule has 2 heterocycles. The topological polar surface area (TPSA) is 93.4 Å². The van der Waals surface area contributed by atoms with Crippen LogP contribution in [0, 0.1) is 12.8 Å². The van der Waals surface area contributed by atoms with E-state index >= 15 is 0 Å². The van der Waals surface area contributed by atoms with Gasteiger partial charge >= 0.3 is 12.1 Å². The number of aromatic nitrogens is 2. The first-order valence-corrected chi connectivity index (χ1v) is 10.5. The average molecular weight is 414 g/mol. The third-order valence-electron chi connectivity index (χ3n) is 5.27. The van der Waals surface area contributed by atoms with Gasteiger partial charge in [-0.1, -0.05) is 17.7 Å². The second-order valence-electron chi connectivity index (χ2n) is 8.95. The summed E-state index contributed by atoms with van der Waals surface area (Å²) in [6.07, 6.45) is 4.55.